The normalized spacial score (nSPS) is 11.3. The number of esters is 1. The maximum atomic E-state index is 14.0. The SMILES string of the molecule is C.CCOC(=O)CBr.Fc1cc2cc[nH]c2cc1F.NC(=O)c1cccc(-c2cccnc2[C@@H](CC(=O)Cn2ccc3cc(F)c(F)cc32)Cc2cc(F)cc(F)c2)c1.NC(=O)c1cccc(-c2cccnc2[C@@H](N)Cc2cc(F)cc(F)c2)c1.O=C(O)Cn1ccc2cc(F)c(F)cc21. The number of nitrogens with one attached hydrogen (secondary N) is 1. The Balaban J connectivity index is 0.000000199. The number of benzene rings is 7. The molecule has 5 aromatic heterocycles. The highest BCUT2D eigenvalue weighted by Gasteiger charge is 2.24. The molecule has 26 heteroatoms. The molecule has 0 aliphatic heterocycles. The average molecular weight is 1450 g/mol. The van der Waals surface area contributed by atoms with Gasteiger partial charge in [-0.3, -0.25) is 33.9 Å². The van der Waals surface area contributed by atoms with E-state index in [9.17, 15) is 67.9 Å². The van der Waals surface area contributed by atoms with E-state index < -0.39 is 87.9 Å². The predicted octanol–water partition coefficient (Wildman–Crippen LogP) is 15.7. The Kier molecular flexibility index (Phi) is 26.9. The van der Waals surface area contributed by atoms with Crippen LogP contribution in [0.15, 0.2) is 195 Å². The number of nitrogens with zero attached hydrogens (tertiary/aromatic N) is 4. The first-order valence-electron chi connectivity index (χ1n) is 29.9. The number of primary amides is 2. The van der Waals surface area contributed by atoms with Crippen molar-refractivity contribution in [2.24, 2.45) is 17.2 Å². The number of carbonyl (C=O) groups excluding carboxylic acids is 4. The van der Waals surface area contributed by atoms with E-state index in [1.807, 2.05) is 12.1 Å². The number of aromatic amines is 1. The first-order chi connectivity index (χ1) is 47.3. The number of ether oxygens (including phenoxy) is 1. The van der Waals surface area contributed by atoms with Crippen molar-refractivity contribution in [2.75, 3.05) is 11.9 Å². The number of rotatable bonds is 18. The number of hydrogen-bond acceptors (Lipinski definition) is 9. The number of fused-ring (bicyclic) bond motifs is 3. The molecule has 15 nitrogen and oxygen atoms in total. The Morgan fingerprint density at radius 2 is 0.990 bits per heavy atom. The number of H-pyrrole nitrogens is 1. The Labute approximate surface area is 574 Å². The van der Waals surface area contributed by atoms with Crippen molar-refractivity contribution in [2.45, 2.75) is 58.7 Å². The van der Waals surface area contributed by atoms with E-state index in [0.29, 0.717) is 83.9 Å². The van der Waals surface area contributed by atoms with E-state index in [1.54, 1.807) is 111 Å². The van der Waals surface area contributed by atoms with Crippen LogP contribution in [0.25, 0.3) is 55.0 Å². The van der Waals surface area contributed by atoms with Gasteiger partial charge in [-0.15, -0.1) is 0 Å². The number of pyridine rings is 2. The van der Waals surface area contributed by atoms with E-state index in [0.717, 1.165) is 53.6 Å². The predicted molar refractivity (Wildman–Crippen MR) is 363 cm³/mol. The highest BCUT2D eigenvalue weighted by Crippen LogP contribution is 2.34. The summed E-state index contributed by atoms with van der Waals surface area (Å²) in [5.74, 6) is -11.6. The standard InChI is InChI=1S/C31H23F4N3O2.C20H17F2N3O.C10H7F2NO2.C8H5F2N.C4H7BrO2.CH4/c32-23-10-18(11-24(33)15-23)9-22(13-25(39)17-38-8-6-20-14-27(34)28(35)16-29(20)38)30-26(5-2-7-37-30)19-3-1-4-21(12-19)31(36)40;21-15-7-12(8-16(22)11-15)9-18(23)19-17(5-2-6-25-19)13-3-1-4-14(10-13)20(24)26;11-7-3-6-1-2-13(5-10(14)15)9(6)4-8(7)12;9-6-3-5-1-2-11-8(5)4-7(6)10;1-2-7-4(6)3-5;/h1-8,10-12,14-16,22H,9,13,17H2,(H2,36,40);1-8,10-11,18H,9,23H2,(H2,24,26);1-4H,5H2,(H,14,15);1-4,11H;2-3H2,1H3;1H4/t22-;18-;;;;/m10..../s1. The molecule has 0 aliphatic carbocycles. The van der Waals surface area contributed by atoms with Crippen LogP contribution in [0.1, 0.15) is 76.0 Å². The van der Waals surface area contributed by atoms with Crippen molar-refractivity contribution in [1.82, 2.24) is 24.1 Å². The topological polar surface area (TPSA) is 244 Å². The second kappa shape index (κ2) is 35.3. The van der Waals surface area contributed by atoms with Gasteiger partial charge in [0, 0.05) is 118 Å². The highest BCUT2D eigenvalue weighted by molar-refractivity contribution is 9.09. The largest absolute Gasteiger partial charge is 0.480 e. The van der Waals surface area contributed by atoms with Gasteiger partial charge in [-0.1, -0.05) is 59.8 Å². The van der Waals surface area contributed by atoms with Crippen LogP contribution in [0.2, 0.25) is 0 Å². The molecule has 0 fully saturated rings. The Morgan fingerprint density at radius 3 is 1.46 bits per heavy atom. The summed E-state index contributed by atoms with van der Waals surface area (Å²) in [6, 6.07) is 37.7. The van der Waals surface area contributed by atoms with Gasteiger partial charge in [0.05, 0.1) is 41.6 Å². The molecule has 7 aromatic carbocycles. The molecule has 100 heavy (non-hydrogen) atoms. The van der Waals surface area contributed by atoms with Crippen LogP contribution < -0.4 is 17.2 Å². The first kappa shape index (κ1) is 76.1. The molecule has 518 valence electrons. The van der Waals surface area contributed by atoms with Crippen molar-refractivity contribution in [3.8, 4) is 22.3 Å². The van der Waals surface area contributed by atoms with Crippen LogP contribution in [0.4, 0.5) is 43.9 Å². The molecule has 0 unspecified atom stereocenters. The Hall–Kier alpha value is -11.3. The van der Waals surface area contributed by atoms with E-state index in [4.69, 9.17) is 22.3 Å². The summed E-state index contributed by atoms with van der Waals surface area (Å²) < 4.78 is 141. The number of amides is 2. The molecule has 2 atom stereocenters. The van der Waals surface area contributed by atoms with Crippen LogP contribution in [-0.4, -0.2) is 70.7 Å². The molecule has 8 N–H and O–H groups in total. The van der Waals surface area contributed by atoms with Gasteiger partial charge in [-0.25, -0.2) is 43.9 Å². The third kappa shape index (κ3) is 20.7. The summed E-state index contributed by atoms with van der Waals surface area (Å²) in [7, 11) is 0. The number of carboxylic acid groups (broad SMARTS) is 1. The number of nitrogens with two attached hydrogens (primary N) is 3. The van der Waals surface area contributed by atoms with Gasteiger partial charge < -0.3 is 41.2 Å². The quantitative estimate of drug-likeness (QED) is 0.0309. The van der Waals surface area contributed by atoms with Crippen LogP contribution in [0, 0.1) is 58.2 Å². The number of aromatic nitrogens is 5. The van der Waals surface area contributed by atoms with Gasteiger partial charge in [0.25, 0.3) is 0 Å². The minimum atomic E-state index is -1.03. The molecule has 0 saturated carbocycles. The number of aliphatic carboxylic acids is 1. The van der Waals surface area contributed by atoms with E-state index >= 15 is 0 Å². The Bertz CT molecular complexity index is 4840. The Morgan fingerprint density at radius 1 is 0.540 bits per heavy atom. The summed E-state index contributed by atoms with van der Waals surface area (Å²) in [5.41, 5.74) is 23.6. The van der Waals surface area contributed by atoms with Crippen LogP contribution in [0.5, 0.6) is 0 Å². The summed E-state index contributed by atoms with van der Waals surface area (Å²) >= 11 is 2.94. The molecular formula is C74H63BrF10N8O7. The zero-order valence-corrected chi connectivity index (χ0v) is 53.7. The van der Waals surface area contributed by atoms with Gasteiger partial charge in [-0.2, -0.15) is 0 Å². The summed E-state index contributed by atoms with van der Waals surface area (Å²) in [6.45, 7) is 1.83. The van der Waals surface area contributed by atoms with E-state index in [2.05, 4.69) is 35.6 Å². The second-order valence-corrected chi connectivity index (χ2v) is 22.5. The lowest BCUT2D eigenvalue weighted by atomic mass is 9.86. The van der Waals surface area contributed by atoms with E-state index in [1.165, 1.54) is 45.7 Å². The lowest BCUT2D eigenvalue weighted by Gasteiger charge is -2.20. The molecule has 0 spiro atoms. The van der Waals surface area contributed by atoms with Crippen molar-refractivity contribution in [3.63, 3.8) is 0 Å². The summed E-state index contributed by atoms with van der Waals surface area (Å²) in [4.78, 5) is 68.9. The van der Waals surface area contributed by atoms with Gasteiger partial charge >= 0.3 is 11.9 Å². The van der Waals surface area contributed by atoms with Crippen molar-refractivity contribution in [3.05, 3.63) is 287 Å². The molecule has 12 aromatic rings. The van der Waals surface area contributed by atoms with Gasteiger partial charge in [0.15, 0.2) is 40.7 Å². The van der Waals surface area contributed by atoms with Gasteiger partial charge in [0.2, 0.25) is 11.8 Å². The fourth-order valence-corrected chi connectivity index (χ4v) is 10.7. The number of alkyl halides is 1. The third-order valence-electron chi connectivity index (χ3n) is 14.9. The highest BCUT2D eigenvalue weighted by atomic mass is 79.9. The van der Waals surface area contributed by atoms with Crippen LogP contribution in [0.3, 0.4) is 0 Å². The summed E-state index contributed by atoms with van der Waals surface area (Å²) in [6.07, 6.45) is 8.09. The molecule has 0 saturated heterocycles. The molecule has 12 rings (SSSR count). The number of carboxylic acids is 1. The lowest BCUT2D eigenvalue weighted by Crippen LogP contribution is -2.17. The van der Waals surface area contributed by atoms with Crippen LogP contribution in [-0.2, 0) is 45.1 Å². The minimum Gasteiger partial charge on any atom is -0.480 e. The van der Waals surface area contributed by atoms with Crippen molar-refractivity contribution < 1.29 is 77.7 Å². The average Bonchev–Trinajstić information content (AvgIpc) is 1.13. The fraction of sp³-hybridized carbons (Fsp3) is 0.149. The molecule has 0 aliphatic rings. The van der Waals surface area contributed by atoms with Crippen LogP contribution >= 0.6 is 15.9 Å². The molecule has 2 amide bonds. The van der Waals surface area contributed by atoms with Gasteiger partial charge in [0.1, 0.15) is 35.1 Å². The minimum absolute atomic E-state index is 0. The third-order valence-corrected chi connectivity index (χ3v) is 15.3. The molecule has 0 radical (unpaired) electrons. The number of Topliss-reactive ketones (excluding diaryl/α,β-unsaturated/α-hetero) is 1. The number of ketones is 1. The van der Waals surface area contributed by atoms with E-state index in [-0.39, 0.29) is 57.1 Å². The zero-order chi connectivity index (χ0) is 71.6. The van der Waals surface area contributed by atoms with Crippen molar-refractivity contribution in [1.29, 1.82) is 0 Å². The fourth-order valence-electron chi connectivity index (χ4n) is 10.5. The number of halogens is 11. The number of hydrogen-bond donors (Lipinski definition) is 5. The monoisotopic (exact) mass is 1440 g/mol. The maximum Gasteiger partial charge on any atom is 0.323 e. The zero-order valence-electron chi connectivity index (χ0n) is 52.2. The molecular weight excluding hydrogens is 1380 g/mol. The van der Waals surface area contributed by atoms with Crippen molar-refractivity contribution >= 4 is 78.2 Å². The molecule has 0 bridgehead atoms. The smallest absolute Gasteiger partial charge is 0.323 e. The second-order valence-electron chi connectivity index (χ2n) is 22.0. The number of carbonyl (C=O) groups is 5. The lowest BCUT2D eigenvalue weighted by molar-refractivity contribution is -0.140. The molecule has 5 heterocycles. The maximum absolute atomic E-state index is 14.0. The van der Waals surface area contributed by atoms with Gasteiger partial charge in [-0.05, 0) is 139 Å². The first-order valence-corrected chi connectivity index (χ1v) is 31.0. The summed E-state index contributed by atoms with van der Waals surface area (Å²) in [5, 5.41) is 10.5.